The summed E-state index contributed by atoms with van der Waals surface area (Å²) in [7, 11) is 0. The number of fused-ring (bicyclic) bond motifs is 3. The topological polar surface area (TPSA) is 38.8 Å². The minimum Gasteiger partial charge on any atom is -1.00 e. The fourth-order valence-electron chi connectivity index (χ4n) is 5.56. The smallest absolute Gasteiger partial charge is 0.414 e. The van der Waals surface area contributed by atoms with Crippen molar-refractivity contribution in [2.75, 3.05) is 44.2 Å². The average Bonchev–Trinajstić information content (AvgIpc) is 2.91. The molecule has 3 fully saturated rings. The molecule has 6 rings (SSSR count). The molecule has 3 aromatic rings. The summed E-state index contributed by atoms with van der Waals surface area (Å²) in [6, 6.07) is 30.2. The lowest BCUT2D eigenvalue weighted by atomic mass is 9.83. The second-order valence-electron chi connectivity index (χ2n) is 9.84. The van der Waals surface area contributed by atoms with E-state index in [1.54, 1.807) is 4.90 Å². The van der Waals surface area contributed by atoms with Crippen molar-refractivity contribution in [3.63, 3.8) is 0 Å². The van der Waals surface area contributed by atoms with Crippen LogP contribution in [0.3, 0.4) is 0 Å². The van der Waals surface area contributed by atoms with Crippen LogP contribution in [0.4, 0.5) is 10.5 Å². The number of para-hydroxylation sites is 2. The Morgan fingerprint density at radius 2 is 1.47 bits per heavy atom. The molecule has 190 valence electrons. The van der Waals surface area contributed by atoms with Gasteiger partial charge in [0.15, 0.2) is 6.10 Å². The lowest BCUT2D eigenvalue weighted by molar-refractivity contribution is -0.946. The molecular formula is C30H35BrN2O3. The number of piperidine rings is 3. The average molecular weight is 552 g/mol. The van der Waals surface area contributed by atoms with Crippen molar-refractivity contribution in [1.82, 2.24) is 0 Å². The van der Waals surface area contributed by atoms with E-state index < -0.39 is 0 Å². The number of hydrogen-bond donors (Lipinski definition) is 0. The van der Waals surface area contributed by atoms with Gasteiger partial charge in [0.25, 0.3) is 0 Å². The Morgan fingerprint density at radius 1 is 0.861 bits per heavy atom. The first-order valence-electron chi connectivity index (χ1n) is 12.8. The number of rotatable bonds is 9. The molecule has 3 heterocycles. The standard InChI is InChI=1S/C30H35N2O3.BrH/c33-30(31(27-12-6-2-7-13-27)19-16-25-10-4-1-5-11-25)35-29-24-32(20-17-26(29)18-21-32)22-23-34-28-14-8-3-9-15-28;/h1-15,26,29H,16-24H2;1H/q+1;/p-1/t26?,29-,32?;/m0./s1. The summed E-state index contributed by atoms with van der Waals surface area (Å²) >= 11 is 0. The zero-order valence-corrected chi connectivity index (χ0v) is 22.3. The van der Waals surface area contributed by atoms with E-state index >= 15 is 0 Å². The molecule has 0 aromatic heterocycles. The Hall–Kier alpha value is -2.83. The minimum absolute atomic E-state index is 0. The predicted molar refractivity (Wildman–Crippen MR) is 139 cm³/mol. The van der Waals surface area contributed by atoms with Gasteiger partial charge in [0.1, 0.15) is 25.4 Å². The van der Waals surface area contributed by atoms with Gasteiger partial charge in [0.2, 0.25) is 0 Å². The Bertz CT molecular complexity index is 1070. The monoisotopic (exact) mass is 550 g/mol. The van der Waals surface area contributed by atoms with Gasteiger partial charge in [-0.25, -0.2) is 4.79 Å². The van der Waals surface area contributed by atoms with Crippen LogP contribution < -0.4 is 26.6 Å². The maximum atomic E-state index is 13.5. The molecule has 0 saturated carbocycles. The number of quaternary nitrogens is 1. The summed E-state index contributed by atoms with van der Waals surface area (Å²) in [6.45, 7) is 5.40. The van der Waals surface area contributed by atoms with Crippen LogP contribution in [0.5, 0.6) is 5.75 Å². The van der Waals surface area contributed by atoms with Crippen LogP contribution >= 0.6 is 0 Å². The highest BCUT2D eigenvalue weighted by Gasteiger charge is 2.47. The van der Waals surface area contributed by atoms with Crippen molar-refractivity contribution < 1.29 is 35.7 Å². The zero-order valence-electron chi connectivity index (χ0n) is 20.7. The molecule has 3 aliphatic heterocycles. The van der Waals surface area contributed by atoms with Crippen LogP contribution in [0.2, 0.25) is 0 Å². The molecule has 3 saturated heterocycles. The predicted octanol–water partition coefficient (Wildman–Crippen LogP) is 2.56. The molecule has 5 nitrogen and oxygen atoms in total. The van der Waals surface area contributed by atoms with Crippen LogP contribution in [-0.2, 0) is 11.2 Å². The molecule has 3 aliphatic rings. The molecule has 1 amide bonds. The van der Waals surface area contributed by atoms with Gasteiger partial charge in [-0.3, -0.25) is 4.90 Å². The number of carbonyl (C=O) groups is 1. The van der Waals surface area contributed by atoms with Gasteiger partial charge < -0.3 is 30.9 Å². The van der Waals surface area contributed by atoms with Crippen molar-refractivity contribution >= 4 is 11.8 Å². The van der Waals surface area contributed by atoms with Crippen molar-refractivity contribution in [3.05, 3.63) is 96.6 Å². The second-order valence-corrected chi connectivity index (χ2v) is 9.84. The van der Waals surface area contributed by atoms with Gasteiger partial charge >= 0.3 is 6.09 Å². The van der Waals surface area contributed by atoms with Crippen LogP contribution in [0.1, 0.15) is 18.4 Å². The van der Waals surface area contributed by atoms with Gasteiger partial charge in [-0.15, -0.1) is 0 Å². The summed E-state index contributed by atoms with van der Waals surface area (Å²) in [5, 5.41) is 0. The van der Waals surface area contributed by atoms with E-state index in [1.165, 1.54) is 5.56 Å². The largest absolute Gasteiger partial charge is 1.00 e. The maximum absolute atomic E-state index is 13.5. The van der Waals surface area contributed by atoms with Crippen molar-refractivity contribution in [1.29, 1.82) is 0 Å². The molecule has 1 atom stereocenters. The Morgan fingerprint density at radius 3 is 2.14 bits per heavy atom. The molecule has 2 bridgehead atoms. The highest BCUT2D eigenvalue weighted by atomic mass is 79.9. The van der Waals surface area contributed by atoms with Crippen LogP contribution in [0.25, 0.3) is 0 Å². The molecule has 0 unspecified atom stereocenters. The van der Waals surface area contributed by atoms with Crippen LogP contribution in [0.15, 0.2) is 91.0 Å². The van der Waals surface area contributed by atoms with Gasteiger partial charge in [-0.2, -0.15) is 0 Å². The molecule has 0 N–H and O–H groups in total. The van der Waals surface area contributed by atoms with E-state index in [0.717, 1.165) is 61.4 Å². The maximum Gasteiger partial charge on any atom is 0.414 e. The Labute approximate surface area is 225 Å². The molecule has 6 heteroatoms. The van der Waals surface area contributed by atoms with Gasteiger partial charge in [-0.05, 0) is 36.2 Å². The van der Waals surface area contributed by atoms with E-state index in [9.17, 15) is 4.79 Å². The summed E-state index contributed by atoms with van der Waals surface area (Å²) in [4.78, 5) is 15.3. The first kappa shape index (κ1) is 26.2. The highest BCUT2D eigenvalue weighted by Crippen LogP contribution is 2.36. The number of nitrogens with zero attached hydrogens (tertiary/aromatic N) is 2. The number of carbonyl (C=O) groups excluding carboxylic acids is 1. The number of hydrogen-bond acceptors (Lipinski definition) is 3. The summed E-state index contributed by atoms with van der Waals surface area (Å²) in [5.74, 6) is 1.37. The summed E-state index contributed by atoms with van der Waals surface area (Å²) in [5.41, 5.74) is 2.10. The lowest BCUT2D eigenvalue weighted by Gasteiger charge is -2.52. The normalized spacial score (nSPS) is 22.3. The number of ether oxygens (including phenoxy) is 2. The van der Waals surface area contributed by atoms with E-state index in [1.807, 2.05) is 78.9 Å². The third-order valence-electron chi connectivity index (χ3n) is 7.63. The van der Waals surface area contributed by atoms with Gasteiger partial charge in [-0.1, -0.05) is 66.7 Å². The van der Waals surface area contributed by atoms with Gasteiger partial charge in [0, 0.05) is 31.0 Å². The third-order valence-corrected chi connectivity index (χ3v) is 7.63. The van der Waals surface area contributed by atoms with E-state index in [4.69, 9.17) is 9.47 Å². The molecule has 0 spiro atoms. The molecular weight excluding hydrogens is 516 g/mol. The fraction of sp³-hybridized carbons (Fsp3) is 0.367. The van der Waals surface area contributed by atoms with Crippen LogP contribution in [0, 0.1) is 5.92 Å². The van der Waals surface area contributed by atoms with Crippen LogP contribution in [-0.4, -0.2) is 56.0 Å². The first-order chi connectivity index (χ1) is 17.2. The number of halogens is 1. The molecule has 3 aromatic carbocycles. The summed E-state index contributed by atoms with van der Waals surface area (Å²) in [6.07, 6.45) is 2.74. The van der Waals surface area contributed by atoms with E-state index in [2.05, 4.69) is 12.1 Å². The number of amides is 1. The van der Waals surface area contributed by atoms with Crippen molar-refractivity contribution in [3.8, 4) is 5.75 Å². The third kappa shape index (κ3) is 6.48. The van der Waals surface area contributed by atoms with Crippen molar-refractivity contribution in [2.24, 2.45) is 5.92 Å². The number of benzene rings is 3. The molecule has 36 heavy (non-hydrogen) atoms. The van der Waals surface area contributed by atoms with Crippen molar-refractivity contribution in [2.45, 2.75) is 25.4 Å². The minimum atomic E-state index is -0.232. The Kier molecular flexibility index (Phi) is 9.05. The zero-order chi connectivity index (χ0) is 23.9. The highest BCUT2D eigenvalue weighted by molar-refractivity contribution is 5.87. The Balaban J connectivity index is 0.00000304. The fourth-order valence-corrected chi connectivity index (χ4v) is 5.56. The van der Waals surface area contributed by atoms with E-state index in [-0.39, 0.29) is 29.2 Å². The quantitative estimate of drug-likeness (QED) is 0.384. The van der Waals surface area contributed by atoms with Gasteiger partial charge in [0.05, 0.1) is 13.1 Å². The summed E-state index contributed by atoms with van der Waals surface area (Å²) < 4.78 is 13.2. The lowest BCUT2D eigenvalue weighted by Crippen LogP contribution is -3.00. The van der Waals surface area contributed by atoms with E-state index in [0.29, 0.717) is 19.1 Å². The second kappa shape index (κ2) is 12.4. The first-order valence-corrected chi connectivity index (χ1v) is 12.8. The molecule has 0 radical (unpaired) electrons. The number of anilines is 1. The molecule has 0 aliphatic carbocycles. The SMILES string of the molecule is O=C(O[C@H]1C[N+]2(CCOc3ccccc3)CCC1CC2)N(CCc1ccccc1)c1ccccc1.[Br-].